The Morgan fingerprint density at radius 2 is 1.29 bits per heavy atom. The van der Waals surface area contributed by atoms with E-state index in [0.29, 0.717) is 30.9 Å². The van der Waals surface area contributed by atoms with Gasteiger partial charge in [0.2, 0.25) is 11.8 Å². The van der Waals surface area contributed by atoms with Crippen LogP contribution in [0.5, 0.6) is 5.75 Å². The van der Waals surface area contributed by atoms with Crippen molar-refractivity contribution in [2.75, 3.05) is 11.5 Å². The molecule has 1 heterocycles. The highest BCUT2D eigenvalue weighted by molar-refractivity contribution is 6.34. The van der Waals surface area contributed by atoms with Gasteiger partial charge in [-0.25, -0.2) is 4.90 Å². The topological polar surface area (TPSA) is 63.7 Å². The highest BCUT2D eigenvalue weighted by atomic mass is 16.5. The third-order valence-electron chi connectivity index (χ3n) is 8.73. The van der Waals surface area contributed by atoms with E-state index in [1.807, 2.05) is 81.4 Å². The molecule has 0 unspecified atom stereocenters. The number of nitrogens with zero attached hydrogens (tertiary/aromatic N) is 1. The van der Waals surface area contributed by atoms with Crippen molar-refractivity contribution in [3.05, 3.63) is 96.1 Å². The minimum Gasteiger partial charge on any atom is -0.494 e. The first-order valence-corrected chi connectivity index (χ1v) is 13.4. The summed E-state index contributed by atoms with van der Waals surface area (Å²) in [7, 11) is 0. The van der Waals surface area contributed by atoms with Crippen molar-refractivity contribution in [2.24, 2.45) is 22.7 Å². The van der Waals surface area contributed by atoms with Gasteiger partial charge in [-0.2, -0.15) is 0 Å². The molecule has 0 aromatic heterocycles. The lowest BCUT2D eigenvalue weighted by molar-refractivity contribution is -0.134. The summed E-state index contributed by atoms with van der Waals surface area (Å²) in [6.45, 7) is 6.38. The maximum Gasteiger partial charge on any atom is 0.239 e. The van der Waals surface area contributed by atoms with Crippen LogP contribution in [0.1, 0.15) is 44.7 Å². The number of ketones is 1. The molecule has 192 valence electrons. The monoisotopic (exact) mass is 505 g/mol. The summed E-state index contributed by atoms with van der Waals surface area (Å²) in [4.78, 5) is 44.5. The number of hydrogen-bond donors (Lipinski definition) is 0. The number of Topliss-reactive ketones (excluding diaryl/α,β-unsaturated/α-hetero) is 1. The van der Waals surface area contributed by atoms with Gasteiger partial charge in [0.05, 0.1) is 35.0 Å². The van der Waals surface area contributed by atoms with Gasteiger partial charge >= 0.3 is 0 Å². The van der Waals surface area contributed by atoms with Crippen LogP contribution in [0.15, 0.2) is 84.9 Å². The number of anilines is 1. The highest BCUT2D eigenvalue weighted by Crippen LogP contribution is 2.74. The average Bonchev–Trinajstić information content (AvgIpc) is 3.40. The lowest BCUT2D eigenvalue weighted by Gasteiger charge is -2.37. The fraction of sp³-hybridized carbons (Fsp3) is 0.303. The number of ether oxygens (including phenoxy) is 1. The summed E-state index contributed by atoms with van der Waals surface area (Å²) in [5.41, 5.74) is 2.01. The standard InChI is InChI=1S/C33H31NO4/c1-4-20-33-26(22-14-10-7-11-15-22)25(21-12-8-6-9-13-21)32(3,31(33)37)27-28(33)30(36)34(29(27)35)23-16-18-24(19-17-23)38-5-2/h6-19,27-28H,4-5,20H2,1-3H3/t27-,28+,32+,33-/m1/s1. The highest BCUT2D eigenvalue weighted by Gasteiger charge is 2.80. The summed E-state index contributed by atoms with van der Waals surface area (Å²) in [5, 5.41) is 0. The van der Waals surface area contributed by atoms with E-state index in [-0.39, 0.29) is 17.6 Å². The van der Waals surface area contributed by atoms with Gasteiger partial charge in [-0.3, -0.25) is 14.4 Å². The molecule has 2 fully saturated rings. The smallest absolute Gasteiger partial charge is 0.239 e. The number of carbonyl (C=O) groups is 3. The predicted molar refractivity (Wildman–Crippen MR) is 147 cm³/mol. The molecule has 2 aliphatic carbocycles. The number of benzene rings is 3. The summed E-state index contributed by atoms with van der Waals surface area (Å²) < 4.78 is 5.56. The Morgan fingerprint density at radius 1 is 0.737 bits per heavy atom. The SMILES string of the molecule is CCC[C@@]12C(=O)[C@@](C)(C(c3ccccc3)=C1c1ccccc1)[C@H]1C(=O)N(c3ccc(OCC)cc3)C(=O)[C@H]12. The Labute approximate surface area is 223 Å². The Balaban J connectivity index is 1.59. The van der Waals surface area contributed by atoms with E-state index >= 15 is 0 Å². The fourth-order valence-electron chi connectivity index (χ4n) is 7.47. The molecule has 1 saturated heterocycles. The van der Waals surface area contributed by atoms with Crippen molar-refractivity contribution >= 4 is 34.4 Å². The maximum atomic E-state index is 14.7. The van der Waals surface area contributed by atoms with E-state index in [4.69, 9.17) is 4.74 Å². The van der Waals surface area contributed by atoms with Crippen LogP contribution in [0.2, 0.25) is 0 Å². The van der Waals surface area contributed by atoms with Crippen molar-refractivity contribution in [3.8, 4) is 5.75 Å². The van der Waals surface area contributed by atoms with E-state index < -0.39 is 22.7 Å². The summed E-state index contributed by atoms with van der Waals surface area (Å²) in [5.74, 6) is -1.37. The number of carbonyl (C=O) groups excluding carboxylic acids is 3. The number of imide groups is 1. The molecule has 0 spiro atoms. The third-order valence-corrected chi connectivity index (χ3v) is 8.73. The lowest BCUT2D eigenvalue weighted by atomic mass is 9.61. The van der Waals surface area contributed by atoms with Crippen LogP contribution in [0.3, 0.4) is 0 Å². The first-order valence-electron chi connectivity index (χ1n) is 13.4. The number of hydrogen-bond acceptors (Lipinski definition) is 4. The predicted octanol–water partition coefficient (Wildman–Crippen LogP) is 6.19. The van der Waals surface area contributed by atoms with Crippen molar-refractivity contribution < 1.29 is 19.1 Å². The summed E-state index contributed by atoms with van der Waals surface area (Å²) >= 11 is 0. The van der Waals surface area contributed by atoms with Crippen LogP contribution in [0.4, 0.5) is 5.69 Å². The number of fused-ring (bicyclic) bond motifs is 5. The van der Waals surface area contributed by atoms with Crippen LogP contribution in [0.25, 0.3) is 11.1 Å². The van der Waals surface area contributed by atoms with Gasteiger partial charge in [-0.1, -0.05) is 74.0 Å². The van der Waals surface area contributed by atoms with Crippen LogP contribution >= 0.6 is 0 Å². The van der Waals surface area contributed by atoms with Gasteiger partial charge < -0.3 is 4.74 Å². The van der Waals surface area contributed by atoms with Crippen LogP contribution in [-0.2, 0) is 14.4 Å². The molecular formula is C33H31NO4. The normalized spacial score (nSPS) is 27.9. The molecule has 3 aromatic rings. The van der Waals surface area contributed by atoms with Gasteiger partial charge in [-0.05, 0) is 66.8 Å². The van der Waals surface area contributed by atoms with Crippen molar-refractivity contribution in [1.82, 2.24) is 0 Å². The van der Waals surface area contributed by atoms with Gasteiger partial charge in [0, 0.05) is 0 Å². The molecule has 0 radical (unpaired) electrons. The largest absolute Gasteiger partial charge is 0.494 e. The maximum absolute atomic E-state index is 14.7. The van der Waals surface area contributed by atoms with E-state index in [1.54, 1.807) is 24.3 Å². The van der Waals surface area contributed by atoms with E-state index in [1.165, 1.54) is 4.90 Å². The molecule has 3 aliphatic rings. The van der Waals surface area contributed by atoms with E-state index in [9.17, 15) is 14.4 Å². The Morgan fingerprint density at radius 3 is 1.84 bits per heavy atom. The second-order valence-corrected chi connectivity index (χ2v) is 10.6. The van der Waals surface area contributed by atoms with Gasteiger partial charge in [0.15, 0.2) is 5.78 Å². The molecule has 38 heavy (non-hydrogen) atoms. The van der Waals surface area contributed by atoms with Crippen LogP contribution < -0.4 is 9.64 Å². The average molecular weight is 506 g/mol. The second kappa shape index (κ2) is 8.80. The number of allylic oxidation sites excluding steroid dienone is 2. The molecule has 2 bridgehead atoms. The quantitative estimate of drug-likeness (QED) is 0.359. The summed E-state index contributed by atoms with van der Waals surface area (Å²) in [6, 6.07) is 26.9. The van der Waals surface area contributed by atoms with Crippen molar-refractivity contribution in [2.45, 2.75) is 33.6 Å². The molecule has 1 aliphatic heterocycles. The van der Waals surface area contributed by atoms with Crippen LogP contribution in [-0.4, -0.2) is 24.2 Å². The van der Waals surface area contributed by atoms with E-state index in [0.717, 1.165) is 22.3 Å². The van der Waals surface area contributed by atoms with Gasteiger partial charge in [0.25, 0.3) is 0 Å². The fourth-order valence-corrected chi connectivity index (χ4v) is 7.47. The first kappa shape index (κ1) is 24.4. The minimum atomic E-state index is -1.11. The molecule has 5 heteroatoms. The molecule has 6 rings (SSSR count). The van der Waals surface area contributed by atoms with E-state index in [2.05, 4.69) is 0 Å². The lowest BCUT2D eigenvalue weighted by Crippen LogP contribution is -2.41. The number of amides is 2. The van der Waals surface area contributed by atoms with Crippen LogP contribution in [0, 0.1) is 22.7 Å². The summed E-state index contributed by atoms with van der Waals surface area (Å²) in [6.07, 6.45) is 1.23. The van der Waals surface area contributed by atoms with Crippen molar-refractivity contribution in [3.63, 3.8) is 0 Å². The molecule has 3 aromatic carbocycles. The molecule has 5 nitrogen and oxygen atoms in total. The second-order valence-electron chi connectivity index (χ2n) is 10.6. The number of rotatable bonds is 7. The zero-order valence-corrected chi connectivity index (χ0v) is 21.9. The Hall–Kier alpha value is -3.99. The first-order chi connectivity index (χ1) is 18.4. The molecule has 2 amide bonds. The zero-order valence-electron chi connectivity index (χ0n) is 21.9. The molecule has 4 atom stereocenters. The minimum absolute atomic E-state index is 0.00704. The Kier molecular flexibility index (Phi) is 5.64. The van der Waals surface area contributed by atoms with Crippen molar-refractivity contribution in [1.29, 1.82) is 0 Å². The Bertz CT molecular complexity index is 1460. The van der Waals surface area contributed by atoms with Gasteiger partial charge in [-0.15, -0.1) is 0 Å². The molecule has 1 saturated carbocycles. The molecular weight excluding hydrogens is 474 g/mol. The third kappa shape index (κ3) is 3.02. The zero-order chi connectivity index (χ0) is 26.7. The molecule has 0 N–H and O–H groups in total. The van der Waals surface area contributed by atoms with Gasteiger partial charge in [0.1, 0.15) is 5.75 Å².